The molecule has 0 aromatic heterocycles. The maximum atomic E-state index is 3.39. The monoisotopic (exact) mass is 423 g/mol. The summed E-state index contributed by atoms with van der Waals surface area (Å²) in [5.41, 5.74) is 0. The van der Waals surface area contributed by atoms with Gasteiger partial charge in [-0.3, -0.25) is 0 Å². The summed E-state index contributed by atoms with van der Waals surface area (Å²) in [5.74, 6) is 0. The summed E-state index contributed by atoms with van der Waals surface area (Å²) in [6, 6.07) is 1.27. The number of hydrogen-bond acceptors (Lipinski definition) is 2. The Balaban J connectivity index is -0.000000167. The van der Waals surface area contributed by atoms with Crippen LogP contribution in [0.1, 0.15) is 34.1 Å². The Hall–Kier alpha value is 1.19. The fourth-order valence-electron chi connectivity index (χ4n) is 1.39. The molecule has 0 rings (SSSR count). The first-order valence-electron chi connectivity index (χ1n) is 4.67. The second-order valence-corrected chi connectivity index (χ2v) is 3.15. The van der Waals surface area contributed by atoms with E-state index in [-0.39, 0.29) is 45.9 Å². The number of hydrogen-bond donors (Lipinski definition) is 2. The maximum Gasteiger partial charge on any atom is 2.00 e. The van der Waals surface area contributed by atoms with Crippen molar-refractivity contribution in [1.82, 2.24) is 10.6 Å². The Morgan fingerprint density at radius 3 is 1.36 bits per heavy atom. The van der Waals surface area contributed by atoms with Gasteiger partial charge in [-0.05, 0) is 33.4 Å². The van der Waals surface area contributed by atoms with E-state index in [1.54, 1.807) is 0 Å². The summed E-state index contributed by atoms with van der Waals surface area (Å²) in [7, 11) is 0. The molecule has 0 spiro atoms. The van der Waals surface area contributed by atoms with Crippen molar-refractivity contribution >= 4 is 0 Å². The molecule has 0 heterocycles. The Labute approximate surface area is 115 Å². The Bertz CT molecular complexity index is 86.9. The molecule has 0 saturated heterocycles. The van der Waals surface area contributed by atoms with Crippen LogP contribution in [0.2, 0.25) is 0 Å². The maximum absolute atomic E-state index is 3.39. The van der Waals surface area contributed by atoms with Gasteiger partial charge in [-0.25, -0.2) is 0 Å². The Morgan fingerprint density at radius 2 is 1.14 bits per heavy atom. The zero-order valence-electron chi connectivity index (χ0n) is 9.35. The standard InChI is InChI=1S/C9H22N2.2ClH.Pt/c1-5-10-8(3)7-9(4)11-6-2;;;/h8-11H,5-7H2,1-4H3;2*1H;/q;;;+2/p-2/t8-,9+;;;. The minimum atomic E-state index is 0. The number of rotatable bonds is 6. The quantitative estimate of drug-likeness (QED) is 0.449. The van der Waals surface area contributed by atoms with Crippen LogP contribution in [0.5, 0.6) is 0 Å². The minimum Gasteiger partial charge on any atom is -1.00 e. The van der Waals surface area contributed by atoms with Crippen molar-refractivity contribution in [2.75, 3.05) is 13.1 Å². The molecular weight excluding hydrogens is 402 g/mol. The van der Waals surface area contributed by atoms with Crippen molar-refractivity contribution in [3.05, 3.63) is 0 Å². The second kappa shape index (κ2) is 16.6. The molecule has 0 aromatic rings. The fraction of sp³-hybridized carbons (Fsp3) is 1.00. The molecule has 0 amide bonds. The summed E-state index contributed by atoms with van der Waals surface area (Å²) < 4.78 is 0. The van der Waals surface area contributed by atoms with Gasteiger partial charge >= 0.3 is 21.1 Å². The van der Waals surface area contributed by atoms with Crippen molar-refractivity contribution < 1.29 is 45.9 Å². The van der Waals surface area contributed by atoms with E-state index >= 15 is 0 Å². The second-order valence-electron chi connectivity index (χ2n) is 3.15. The molecule has 14 heavy (non-hydrogen) atoms. The van der Waals surface area contributed by atoms with E-state index in [4.69, 9.17) is 0 Å². The molecule has 5 heteroatoms. The first-order valence-corrected chi connectivity index (χ1v) is 4.67. The number of nitrogens with one attached hydrogen (secondary N) is 2. The molecular formula is C9H22Cl2N2Pt. The summed E-state index contributed by atoms with van der Waals surface area (Å²) in [4.78, 5) is 0. The van der Waals surface area contributed by atoms with Gasteiger partial charge in [-0.15, -0.1) is 0 Å². The summed E-state index contributed by atoms with van der Waals surface area (Å²) >= 11 is 0. The molecule has 2 N–H and O–H groups in total. The topological polar surface area (TPSA) is 24.1 Å². The predicted molar refractivity (Wildman–Crippen MR) is 50.9 cm³/mol. The van der Waals surface area contributed by atoms with E-state index in [1.807, 2.05) is 0 Å². The van der Waals surface area contributed by atoms with Crippen LogP contribution >= 0.6 is 0 Å². The van der Waals surface area contributed by atoms with E-state index < -0.39 is 0 Å². The molecule has 92 valence electrons. The first-order chi connectivity index (χ1) is 5.20. The van der Waals surface area contributed by atoms with Gasteiger partial charge in [0, 0.05) is 12.1 Å². The van der Waals surface area contributed by atoms with Crippen LogP contribution in [0.25, 0.3) is 0 Å². The Morgan fingerprint density at radius 1 is 0.857 bits per heavy atom. The van der Waals surface area contributed by atoms with Crippen LogP contribution in [0.4, 0.5) is 0 Å². The van der Waals surface area contributed by atoms with Crippen molar-refractivity contribution in [3.8, 4) is 0 Å². The zero-order chi connectivity index (χ0) is 8.69. The largest absolute Gasteiger partial charge is 2.00 e. The zero-order valence-corrected chi connectivity index (χ0v) is 13.1. The van der Waals surface area contributed by atoms with E-state index in [0.29, 0.717) is 12.1 Å². The molecule has 2 atom stereocenters. The molecule has 0 aliphatic carbocycles. The van der Waals surface area contributed by atoms with Gasteiger partial charge in [0.15, 0.2) is 0 Å². The van der Waals surface area contributed by atoms with Crippen LogP contribution in [0.3, 0.4) is 0 Å². The van der Waals surface area contributed by atoms with Gasteiger partial charge in [0.05, 0.1) is 0 Å². The molecule has 0 aromatic carbocycles. The molecule has 0 radical (unpaired) electrons. The van der Waals surface area contributed by atoms with Gasteiger partial charge < -0.3 is 35.4 Å². The van der Waals surface area contributed by atoms with Gasteiger partial charge in [0.2, 0.25) is 0 Å². The molecule has 0 bridgehead atoms. The van der Waals surface area contributed by atoms with E-state index in [1.165, 1.54) is 6.42 Å². The molecule has 0 unspecified atom stereocenters. The summed E-state index contributed by atoms with van der Waals surface area (Å²) in [5, 5.41) is 6.79. The van der Waals surface area contributed by atoms with E-state index in [9.17, 15) is 0 Å². The molecule has 0 saturated carbocycles. The predicted octanol–water partition coefficient (Wildman–Crippen LogP) is -4.62. The molecule has 2 nitrogen and oxygen atoms in total. The first kappa shape index (κ1) is 24.4. The third-order valence-corrected chi connectivity index (χ3v) is 1.81. The molecule has 0 aliphatic heterocycles. The van der Waals surface area contributed by atoms with Crippen LogP contribution in [-0.2, 0) is 21.1 Å². The van der Waals surface area contributed by atoms with Gasteiger partial charge in [0.25, 0.3) is 0 Å². The van der Waals surface area contributed by atoms with Gasteiger partial charge in [0.1, 0.15) is 0 Å². The van der Waals surface area contributed by atoms with Gasteiger partial charge in [-0.2, -0.15) is 0 Å². The average molecular weight is 424 g/mol. The SMILES string of the molecule is CCN[C@H](C)C[C@H](C)NCC.[Cl-].[Cl-].[Pt+2]. The van der Waals surface area contributed by atoms with Crippen LogP contribution < -0.4 is 35.4 Å². The van der Waals surface area contributed by atoms with Crippen molar-refractivity contribution in [2.24, 2.45) is 0 Å². The van der Waals surface area contributed by atoms with Crippen LogP contribution in [0, 0.1) is 0 Å². The van der Waals surface area contributed by atoms with E-state index in [2.05, 4.69) is 38.3 Å². The van der Waals surface area contributed by atoms with E-state index in [0.717, 1.165) is 13.1 Å². The van der Waals surface area contributed by atoms with Crippen molar-refractivity contribution in [3.63, 3.8) is 0 Å². The molecule has 0 fully saturated rings. The summed E-state index contributed by atoms with van der Waals surface area (Å²) in [6.45, 7) is 10.9. The van der Waals surface area contributed by atoms with Crippen molar-refractivity contribution in [1.29, 1.82) is 0 Å². The third kappa shape index (κ3) is 15.7. The van der Waals surface area contributed by atoms with Crippen LogP contribution in [0.15, 0.2) is 0 Å². The fourth-order valence-corrected chi connectivity index (χ4v) is 1.39. The smallest absolute Gasteiger partial charge is 1.00 e. The summed E-state index contributed by atoms with van der Waals surface area (Å²) in [6.07, 6.45) is 1.21. The molecule has 0 aliphatic rings. The van der Waals surface area contributed by atoms with Crippen LogP contribution in [-0.4, -0.2) is 25.2 Å². The normalized spacial score (nSPS) is 12.9. The average Bonchev–Trinajstić information content (AvgIpc) is 1.87. The van der Waals surface area contributed by atoms with Gasteiger partial charge in [-0.1, -0.05) is 13.8 Å². The Kier molecular flexibility index (Phi) is 29.0. The van der Waals surface area contributed by atoms with Crippen molar-refractivity contribution in [2.45, 2.75) is 46.2 Å². The minimum absolute atomic E-state index is 0. The number of halogens is 2. The third-order valence-electron chi connectivity index (χ3n) is 1.81.